The van der Waals surface area contributed by atoms with Crippen LogP contribution in [0.4, 0.5) is 5.69 Å². The summed E-state index contributed by atoms with van der Waals surface area (Å²) in [5.74, 6) is 0.711. The molecule has 0 spiro atoms. The van der Waals surface area contributed by atoms with Crippen molar-refractivity contribution in [2.75, 3.05) is 12.4 Å². The summed E-state index contributed by atoms with van der Waals surface area (Å²) in [7, 11) is 1.54. The number of anilines is 1. The lowest BCUT2D eigenvalue weighted by Crippen LogP contribution is -2.30. The van der Waals surface area contributed by atoms with Crippen molar-refractivity contribution in [3.8, 4) is 11.5 Å². The highest BCUT2D eigenvalue weighted by Gasteiger charge is 2.18. The van der Waals surface area contributed by atoms with Gasteiger partial charge in [-0.05, 0) is 37.3 Å². The molecule has 0 aliphatic heterocycles. The zero-order chi connectivity index (χ0) is 16.1. The molecule has 0 saturated heterocycles. The molecule has 0 aromatic heterocycles. The van der Waals surface area contributed by atoms with Crippen LogP contribution in [0.1, 0.15) is 6.92 Å². The van der Waals surface area contributed by atoms with Gasteiger partial charge in [-0.15, -0.1) is 0 Å². The molecule has 116 valence electrons. The fraction of sp³-hybridized carbons (Fsp3) is 0.188. The molecule has 2 aromatic carbocycles. The van der Waals surface area contributed by atoms with Crippen LogP contribution in [0, 0.1) is 0 Å². The molecule has 6 heteroatoms. The van der Waals surface area contributed by atoms with Crippen LogP contribution >= 0.6 is 23.2 Å². The molecule has 1 N–H and O–H groups in total. The average Bonchev–Trinajstić information content (AvgIpc) is 2.51. The number of nitrogens with one attached hydrogen (secondary N) is 1. The summed E-state index contributed by atoms with van der Waals surface area (Å²) in [6, 6.07) is 12.0. The van der Waals surface area contributed by atoms with Crippen molar-refractivity contribution in [3.63, 3.8) is 0 Å². The number of hydrogen-bond acceptors (Lipinski definition) is 3. The van der Waals surface area contributed by atoms with Crippen molar-refractivity contribution in [2.24, 2.45) is 0 Å². The van der Waals surface area contributed by atoms with Gasteiger partial charge >= 0.3 is 0 Å². The van der Waals surface area contributed by atoms with Crippen molar-refractivity contribution >= 4 is 34.8 Å². The Balaban J connectivity index is 2.07. The van der Waals surface area contributed by atoms with E-state index in [-0.39, 0.29) is 5.91 Å². The van der Waals surface area contributed by atoms with E-state index in [1.807, 2.05) is 6.07 Å². The first-order valence-corrected chi connectivity index (χ1v) is 7.32. The molecular weight excluding hydrogens is 325 g/mol. The number of halogens is 2. The maximum atomic E-state index is 12.2. The topological polar surface area (TPSA) is 47.6 Å². The van der Waals surface area contributed by atoms with Crippen molar-refractivity contribution in [1.29, 1.82) is 0 Å². The number of amides is 1. The van der Waals surface area contributed by atoms with Gasteiger partial charge < -0.3 is 14.8 Å². The molecular formula is C16H15Cl2NO3. The molecule has 2 rings (SSSR count). The smallest absolute Gasteiger partial charge is 0.265 e. The van der Waals surface area contributed by atoms with Crippen molar-refractivity contribution in [2.45, 2.75) is 13.0 Å². The zero-order valence-electron chi connectivity index (χ0n) is 12.1. The fourth-order valence-electron chi connectivity index (χ4n) is 1.79. The molecule has 4 nitrogen and oxygen atoms in total. The van der Waals surface area contributed by atoms with E-state index in [0.29, 0.717) is 27.2 Å². The molecule has 0 saturated carbocycles. The summed E-state index contributed by atoms with van der Waals surface area (Å²) in [4.78, 5) is 12.2. The molecule has 0 fully saturated rings. The second-order valence-corrected chi connectivity index (χ2v) is 5.37. The van der Waals surface area contributed by atoms with E-state index in [1.165, 1.54) is 0 Å². The first-order valence-electron chi connectivity index (χ1n) is 6.57. The quantitative estimate of drug-likeness (QED) is 0.877. The Morgan fingerprint density at radius 1 is 1.14 bits per heavy atom. The number of methoxy groups -OCH3 is 1. The summed E-state index contributed by atoms with van der Waals surface area (Å²) < 4.78 is 10.8. The van der Waals surface area contributed by atoms with Crippen molar-refractivity contribution < 1.29 is 14.3 Å². The summed E-state index contributed by atoms with van der Waals surface area (Å²) >= 11 is 11.9. The molecule has 0 aliphatic carbocycles. The van der Waals surface area contributed by atoms with Gasteiger partial charge in [0.05, 0.1) is 17.8 Å². The third-order valence-corrected chi connectivity index (χ3v) is 3.49. The molecule has 0 heterocycles. The highest BCUT2D eigenvalue weighted by atomic mass is 35.5. The number of carbonyl (C=O) groups is 1. The third-order valence-electron chi connectivity index (χ3n) is 2.93. The lowest BCUT2D eigenvalue weighted by Gasteiger charge is -2.17. The number of ether oxygens (including phenoxy) is 2. The van der Waals surface area contributed by atoms with Crippen LogP contribution in [-0.2, 0) is 4.79 Å². The van der Waals surface area contributed by atoms with Crippen LogP contribution in [0.5, 0.6) is 11.5 Å². The van der Waals surface area contributed by atoms with E-state index in [1.54, 1.807) is 50.4 Å². The minimum absolute atomic E-state index is 0.338. The highest BCUT2D eigenvalue weighted by Crippen LogP contribution is 2.28. The summed E-state index contributed by atoms with van der Waals surface area (Å²) in [6.07, 6.45) is -0.730. The van der Waals surface area contributed by atoms with Gasteiger partial charge in [-0.3, -0.25) is 4.79 Å². The second kappa shape index (κ2) is 7.38. The number of benzene rings is 2. The number of rotatable bonds is 5. The molecule has 22 heavy (non-hydrogen) atoms. The predicted octanol–water partition coefficient (Wildman–Crippen LogP) is 4.41. The molecule has 0 unspecified atom stereocenters. The summed E-state index contributed by atoms with van der Waals surface area (Å²) in [6.45, 7) is 1.64. The zero-order valence-corrected chi connectivity index (χ0v) is 13.6. The van der Waals surface area contributed by atoms with Gasteiger partial charge in [-0.1, -0.05) is 35.3 Å². The van der Waals surface area contributed by atoms with E-state index in [0.717, 1.165) is 0 Å². The molecule has 1 atom stereocenters. The third kappa shape index (κ3) is 4.06. The first kappa shape index (κ1) is 16.5. The Hall–Kier alpha value is -1.91. The Morgan fingerprint density at radius 3 is 2.50 bits per heavy atom. The second-order valence-electron chi connectivity index (χ2n) is 4.52. The van der Waals surface area contributed by atoms with Gasteiger partial charge in [0.15, 0.2) is 17.6 Å². The van der Waals surface area contributed by atoms with Crippen molar-refractivity contribution in [1.82, 2.24) is 0 Å². The van der Waals surface area contributed by atoms with Crippen LogP contribution < -0.4 is 14.8 Å². The van der Waals surface area contributed by atoms with Gasteiger partial charge in [0.2, 0.25) is 0 Å². The Bertz CT molecular complexity index is 676. The molecule has 2 aromatic rings. The summed E-state index contributed by atoms with van der Waals surface area (Å²) in [5.41, 5.74) is 0.439. The Kier molecular flexibility index (Phi) is 5.52. The van der Waals surface area contributed by atoms with E-state index < -0.39 is 6.10 Å². The minimum atomic E-state index is -0.730. The predicted molar refractivity (Wildman–Crippen MR) is 88.2 cm³/mol. The monoisotopic (exact) mass is 339 g/mol. The minimum Gasteiger partial charge on any atom is -0.493 e. The standard InChI is InChI=1S/C16H15Cl2NO3/c1-10(22-15-6-4-3-5-14(15)21-2)16(20)19-13-9-11(17)7-8-12(13)18/h3-10H,1-2H3,(H,19,20)/t10-/m0/s1. The highest BCUT2D eigenvalue weighted by molar-refractivity contribution is 6.35. The average molecular weight is 340 g/mol. The van der Waals surface area contributed by atoms with Gasteiger partial charge in [-0.2, -0.15) is 0 Å². The normalized spacial score (nSPS) is 11.6. The van der Waals surface area contributed by atoms with Crippen LogP contribution in [0.2, 0.25) is 10.0 Å². The van der Waals surface area contributed by atoms with Gasteiger partial charge in [0.1, 0.15) is 0 Å². The van der Waals surface area contributed by atoms with Gasteiger partial charge in [0, 0.05) is 5.02 Å². The van der Waals surface area contributed by atoms with Gasteiger partial charge in [0.25, 0.3) is 5.91 Å². The maximum absolute atomic E-state index is 12.2. The van der Waals surface area contributed by atoms with E-state index in [2.05, 4.69) is 5.32 Å². The lowest BCUT2D eigenvalue weighted by atomic mass is 10.3. The molecule has 0 bridgehead atoms. The first-order chi connectivity index (χ1) is 10.5. The van der Waals surface area contributed by atoms with Crippen LogP contribution in [0.3, 0.4) is 0 Å². The molecule has 1 amide bonds. The van der Waals surface area contributed by atoms with E-state index in [4.69, 9.17) is 32.7 Å². The Morgan fingerprint density at radius 2 is 1.82 bits per heavy atom. The lowest BCUT2D eigenvalue weighted by molar-refractivity contribution is -0.122. The van der Waals surface area contributed by atoms with Crippen molar-refractivity contribution in [3.05, 3.63) is 52.5 Å². The number of para-hydroxylation sites is 2. The maximum Gasteiger partial charge on any atom is 0.265 e. The number of carbonyl (C=O) groups excluding carboxylic acids is 1. The van der Waals surface area contributed by atoms with E-state index >= 15 is 0 Å². The molecule has 0 aliphatic rings. The molecule has 0 radical (unpaired) electrons. The number of hydrogen-bond donors (Lipinski definition) is 1. The van der Waals surface area contributed by atoms with E-state index in [9.17, 15) is 4.79 Å². The fourth-order valence-corrected chi connectivity index (χ4v) is 2.12. The van der Waals surface area contributed by atoms with Crippen LogP contribution in [0.25, 0.3) is 0 Å². The summed E-state index contributed by atoms with van der Waals surface area (Å²) in [5, 5.41) is 3.58. The van der Waals surface area contributed by atoms with Gasteiger partial charge in [-0.25, -0.2) is 0 Å². The SMILES string of the molecule is COc1ccccc1O[C@@H](C)C(=O)Nc1cc(Cl)ccc1Cl. The largest absolute Gasteiger partial charge is 0.493 e. The van der Waals surface area contributed by atoms with Crippen LogP contribution in [0.15, 0.2) is 42.5 Å². The Labute approximate surface area is 138 Å². The van der Waals surface area contributed by atoms with Crippen LogP contribution in [-0.4, -0.2) is 19.1 Å².